The lowest BCUT2D eigenvalue weighted by Crippen LogP contribution is -2.44. The first-order chi connectivity index (χ1) is 7.95. The second kappa shape index (κ2) is 5.62. The minimum atomic E-state index is -1.01. The predicted octanol–water partition coefficient (Wildman–Crippen LogP) is 1.78. The third-order valence-electron chi connectivity index (χ3n) is 2.29. The van der Waals surface area contributed by atoms with Gasteiger partial charge in [0, 0.05) is 18.1 Å². The Morgan fingerprint density at radius 2 is 2.29 bits per heavy atom. The minimum absolute atomic E-state index is 0.357. The molecule has 17 heavy (non-hydrogen) atoms. The van der Waals surface area contributed by atoms with E-state index in [1.807, 2.05) is 6.92 Å². The molecule has 1 aromatic heterocycles. The Hall–Kier alpha value is -1.63. The summed E-state index contributed by atoms with van der Waals surface area (Å²) in [7, 11) is 1.46. The van der Waals surface area contributed by atoms with Gasteiger partial charge in [-0.15, -0.1) is 11.3 Å². The van der Waals surface area contributed by atoms with Gasteiger partial charge in [0.15, 0.2) is 5.13 Å². The number of hydrogen-bond donors (Lipinski definition) is 2. The molecule has 0 saturated heterocycles. The third kappa shape index (κ3) is 3.42. The van der Waals surface area contributed by atoms with Crippen LogP contribution >= 0.6 is 11.3 Å². The van der Waals surface area contributed by atoms with Crippen molar-refractivity contribution in [2.24, 2.45) is 0 Å². The number of urea groups is 1. The molecule has 1 unspecified atom stereocenters. The molecule has 0 spiro atoms. The summed E-state index contributed by atoms with van der Waals surface area (Å²) in [4.78, 5) is 28.8. The highest BCUT2D eigenvalue weighted by Gasteiger charge is 2.25. The van der Waals surface area contributed by atoms with E-state index >= 15 is 0 Å². The first-order valence-corrected chi connectivity index (χ1v) is 5.96. The maximum Gasteiger partial charge on any atom is 0.326 e. The van der Waals surface area contributed by atoms with Crippen molar-refractivity contribution in [1.82, 2.24) is 9.88 Å². The van der Waals surface area contributed by atoms with Gasteiger partial charge in [-0.3, -0.25) is 5.32 Å². The summed E-state index contributed by atoms with van der Waals surface area (Å²) in [5.41, 5.74) is 0. The number of amides is 2. The molecule has 2 amide bonds. The van der Waals surface area contributed by atoms with E-state index in [-0.39, 0.29) is 0 Å². The van der Waals surface area contributed by atoms with Crippen molar-refractivity contribution >= 4 is 28.5 Å². The molecule has 0 bridgehead atoms. The molecular weight excluding hydrogens is 242 g/mol. The average Bonchev–Trinajstić information content (AvgIpc) is 2.64. The summed E-state index contributed by atoms with van der Waals surface area (Å²) >= 11 is 1.34. The number of thiazole rings is 1. The van der Waals surface area contributed by atoms with Crippen molar-refractivity contribution in [2.45, 2.75) is 26.3 Å². The summed E-state index contributed by atoms with van der Waals surface area (Å²) in [6, 6.07) is -1.29. The van der Waals surface area contributed by atoms with Gasteiger partial charge in [0.2, 0.25) is 0 Å². The van der Waals surface area contributed by atoms with Crippen molar-refractivity contribution in [3.05, 3.63) is 11.1 Å². The van der Waals surface area contributed by atoms with Crippen LogP contribution in [0.4, 0.5) is 9.93 Å². The Kier molecular flexibility index (Phi) is 4.45. The lowest BCUT2D eigenvalue weighted by Gasteiger charge is -2.23. The lowest BCUT2D eigenvalue weighted by atomic mass is 10.2. The number of carboxylic acids is 1. The number of anilines is 1. The van der Waals surface area contributed by atoms with Crippen LogP contribution in [0.1, 0.15) is 18.2 Å². The largest absolute Gasteiger partial charge is 0.480 e. The minimum Gasteiger partial charge on any atom is -0.480 e. The summed E-state index contributed by atoms with van der Waals surface area (Å²) < 4.78 is 0. The van der Waals surface area contributed by atoms with E-state index in [0.717, 1.165) is 4.88 Å². The van der Waals surface area contributed by atoms with Gasteiger partial charge in [-0.25, -0.2) is 14.6 Å². The van der Waals surface area contributed by atoms with Crippen molar-refractivity contribution in [1.29, 1.82) is 0 Å². The number of carboxylic acid groups (broad SMARTS) is 1. The topological polar surface area (TPSA) is 82.5 Å². The Morgan fingerprint density at radius 3 is 2.71 bits per heavy atom. The molecule has 0 fully saturated rings. The standard InChI is InChI=1S/C10H15N3O3S/c1-4-7(8(14)15)13(3)10(16)12-9-11-5-6(2)17-9/h5,7H,4H2,1-3H3,(H,14,15)(H,11,12,16). The molecule has 1 heterocycles. The number of aliphatic carboxylic acids is 1. The van der Waals surface area contributed by atoms with Crippen LogP contribution in [0.5, 0.6) is 0 Å². The van der Waals surface area contributed by atoms with Gasteiger partial charge in [0.05, 0.1) is 0 Å². The van der Waals surface area contributed by atoms with Gasteiger partial charge in [-0.05, 0) is 13.3 Å². The fraction of sp³-hybridized carbons (Fsp3) is 0.500. The van der Waals surface area contributed by atoms with E-state index in [2.05, 4.69) is 10.3 Å². The van der Waals surface area contributed by atoms with Gasteiger partial charge in [-0.1, -0.05) is 6.92 Å². The lowest BCUT2D eigenvalue weighted by molar-refractivity contribution is -0.141. The molecule has 7 heteroatoms. The van der Waals surface area contributed by atoms with Gasteiger partial charge in [-0.2, -0.15) is 0 Å². The summed E-state index contributed by atoms with van der Waals surface area (Å²) in [5.74, 6) is -1.01. The maximum atomic E-state index is 11.7. The van der Waals surface area contributed by atoms with Crippen LogP contribution in [-0.2, 0) is 4.79 Å². The average molecular weight is 257 g/mol. The second-order valence-corrected chi connectivity index (χ2v) is 4.81. The Balaban J connectivity index is 2.66. The predicted molar refractivity (Wildman–Crippen MR) is 65.3 cm³/mol. The number of aryl methyl sites for hydroxylation is 1. The van der Waals surface area contributed by atoms with E-state index in [9.17, 15) is 9.59 Å². The first-order valence-electron chi connectivity index (χ1n) is 5.14. The second-order valence-electron chi connectivity index (χ2n) is 3.58. The van der Waals surface area contributed by atoms with Crippen LogP contribution in [-0.4, -0.2) is 40.1 Å². The van der Waals surface area contributed by atoms with Crippen molar-refractivity contribution in [2.75, 3.05) is 12.4 Å². The van der Waals surface area contributed by atoms with Crippen LogP contribution in [0.3, 0.4) is 0 Å². The number of hydrogen-bond acceptors (Lipinski definition) is 4. The molecule has 1 atom stereocenters. The summed E-state index contributed by atoms with van der Waals surface area (Å²) in [5, 5.41) is 12.0. The van der Waals surface area contributed by atoms with E-state index in [4.69, 9.17) is 5.11 Å². The SMILES string of the molecule is CCC(C(=O)O)N(C)C(=O)Nc1ncc(C)s1. The molecule has 0 radical (unpaired) electrons. The zero-order valence-electron chi connectivity index (χ0n) is 9.93. The highest BCUT2D eigenvalue weighted by Crippen LogP contribution is 2.17. The molecule has 2 N–H and O–H groups in total. The van der Waals surface area contributed by atoms with Crippen LogP contribution in [0.2, 0.25) is 0 Å². The van der Waals surface area contributed by atoms with E-state index < -0.39 is 18.0 Å². The molecular formula is C10H15N3O3S. The monoisotopic (exact) mass is 257 g/mol. The fourth-order valence-electron chi connectivity index (χ4n) is 1.35. The molecule has 0 saturated carbocycles. The smallest absolute Gasteiger partial charge is 0.326 e. The number of aromatic nitrogens is 1. The summed E-state index contributed by atoms with van der Waals surface area (Å²) in [6.07, 6.45) is 2.00. The number of carbonyl (C=O) groups is 2. The Bertz CT molecular complexity index is 419. The van der Waals surface area contributed by atoms with Gasteiger partial charge in [0.1, 0.15) is 6.04 Å². The maximum absolute atomic E-state index is 11.7. The van der Waals surface area contributed by atoms with Gasteiger partial charge in [0.25, 0.3) is 0 Å². The zero-order chi connectivity index (χ0) is 13.0. The molecule has 0 aliphatic heterocycles. The number of carbonyl (C=O) groups excluding carboxylic acids is 1. The third-order valence-corrected chi connectivity index (χ3v) is 3.12. The Labute approximate surface area is 103 Å². The number of likely N-dealkylation sites (N-methyl/N-ethyl adjacent to an activating group) is 1. The molecule has 6 nitrogen and oxygen atoms in total. The quantitative estimate of drug-likeness (QED) is 0.861. The molecule has 1 rings (SSSR count). The van der Waals surface area contributed by atoms with Crippen molar-refractivity contribution in [3.63, 3.8) is 0 Å². The Morgan fingerprint density at radius 1 is 1.65 bits per heavy atom. The van der Waals surface area contributed by atoms with E-state index in [1.54, 1.807) is 13.1 Å². The van der Waals surface area contributed by atoms with Crippen LogP contribution < -0.4 is 5.32 Å². The fourth-order valence-corrected chi connectivity index (χ4v) is 2.00. The molecule has 94 valence electrons. The van der Waals surface area contributed by atoms with Crippen molar-refractivity contribution in [3.8, 4) is 0 Å². The first kappa shape index (κ1) is 13.4. The summed E-state index contributed by atoms with van der Waals surface area (Å²) in [6.45, 7) is 3.60. The van der Waals surface area contributed by atoms with Gasteiger partial charge < -0.3 is 10.0 Å². The zero-order valence-corrected chi connectivity index (χ0v) is 10.7. The van der Waals surface area contributed by atoms with Gasteiger partial charge >= 0.3 is 12.0 Å². The number of rotatable bonds is 4. The molecule has 1 aromatic rings. The number of nitrogens with zero attached hydrogens (tertiary/aromatic N) is 2. The van der Waals surface area contributed by atoms with Crippen LogP contribution in [0.25, 0.3) is 0 Å². The van der Waals surface area contributed by atoms with Crippen LogP contribution in [0.15, 0.2) is 6.20 Å². The van der Waals surface area contributed by atoms with Crippen molar-refractivity contribution < 1.29 is 14.7 Å². The highest BCUT2D eigenvalue weighted by atomic mass is 32.1. The highest BCUT2D eigenvalue weighted by molar-refractivity contribution is 7.15. The molecule has 0 aromatic carbocycles. The van der Waals surface area contributed by atoms with E-state index in [1.165, 1.54) is 23.3 Å². The van der Waals surface area contributed by atoms with E-state index in [0.29, 0.717) is 11.6 Å². The van der Waals surface area contributed by atoms with Crippen LogP contribution in [0, 0.1) is 6.92 Å². The number of nitrogens with one attached hydrogen (secondary N) is 1. The normalized spacial score (nSPS) is 11.9. The molecule has 0 aliphatic rings. The molecule has 0 aliphatic carbocycles.